The van der Waals surface area contributed by atoms with Gasteiger partial charge in [-0.15, -0.1) is 0 Å². The van der Waals surface area contributed by atoms with Gasteiger partial charge in [-0.2, -0.15) is 0 Å². The Kier molecular flexibility index (Phi) is 4.60. The van der Waals surface area contributed by atoms with Gasteiger partial charge in [-0.3, -0.25) is 4.98 Å². The lowest BCUT2D eigenvalue weighted by Crippen LogP contribution is -2.08. The van der Waals surface area contributed by atoms with E-state index in [1.54, 1.807) is 0 Å². The van der Waals surface area contributed by atoms with Gasteiger partial charge >= 0.3 is 0 Å². The van der Waals surface area contributed by atoms with Gasteiger partial charge in [0, 0.05) is 11.7 Å². The van der Waals surface area contributed by atoms with Crippen molar-refractivity contribution in [2.75, 3.05) is 0 Å². The molecule has 1 aromatic rings. The Morgan fingerprint density at radius 3 is 2.79 bits per heavy atom. The van der Waals surface area contributed by atoms with Crippen LogP contribution in [0.25, 0.3) is 0 Å². The van der Waals surface area contributed by atoms with Crippen LogP contribution < -0.4 is 5.73 Å². The van der Waals surface area contributed by atoms with Crippen LogP contribution in [0, 0.1) is 0 Å². The summed E-state index contributed by atoms with van der Waals surface area (Å²) >= 11 is 0. The maximum absolute atomic E-state index is 5.77. The minimum Gasteiger partial charge on any atom is -0.323 e. The van der Waals surface area contributed by atoms with Gasteiger partial charge in [-0.25, -0.2) is 0 Å². The van der Waals surface area contributed by atoms with Crippen LogP contribution in [-0.2, 0) is 6.42 Å². The van der Waals surface area contributed by atoms with E-state index in [-0.39, 0.29) is 6.04 Å². The first-order valence-electron chi connectivity index (χ1n) is 5.45. The molecule has 1 heterocycles. The van der Waals surface area contributed by atoms with Crippen molar-refractivity contribution in [2.24, 2.45) is 5.73 Å². The van der Waals surface area contributed by atoms with Crippen molar-refractivity contribution in [1.29, 1.82) is 0 Å². The summed E-state index contributed by atoms with van der Waals surface area (Å²) in [5, 5.41) is 0. The maximum atomic E-state index is 5.77. The second kappa shape index (κ2) is 5.76. The zero-order chi connectivity index (χ0) is 10.4. The van der Waals surface area contributed by atoms with E-state index in [0.717, 1.165) is 12.1 Å². The van der Waals surface area contributed by atoms with Crippen LogP contribution in [-0.4, -0.2) is 4.98 Å². The molecule has 0 aliphatic carbocycles. The van der Waals surface area contributed by atoms with Gasteiger partial charge in [-0.1, -0.05) is 25.8 Å². The molecular weight excluding hydrogens is 172 g/mol. The van der Waals surface area contributed by atoms with E-state index in [0.29, 0.717) is 0 Å². The number of hydrogen-bond acceptors (Lipinski definition) is 2. The smallest absolute Gasteiger partial charge is 0.0571 e. The number of nitrogens with two attached hydrogens (primary N) is 1. The third-order valence-corrected chi connectivity index (χ3v) is 2.33. The second-order valence-electron chi connectivity index (χ2n) is 3.80. The number of pyridine rings is 1. The molecular formula is C12H20N2. The van der Waals surface area contributed by atoms with E-state index in [2.05, 4.69) is 18.0 Å². The van der Waals surface area contributed by atoms with Gasteiger partial charge in [-0.05, 0) is 31.9 Å². The quantitative estimate of drug-likeness (QED) is 0.728. The first-order chi connectivity index (χ1) is 6.74. The van der Waals surface area contributed by atoms with E-state index < -0.39 is 0 Å². The molecule has 1 aromatic heterocycles. The Hall–Kier alpha value is -0.890. The Bertz CT molecular complexity index is 269. The first-order valence-corrected chi connectivity index (χ1v) is 5.45. The van der Waals surface area contributed by atoms with Crippen molar-refractivity contribution in [3.8, 4) is 0 Å². The van der Waals surface area contributed by atoms with Crippen LogP contribution in [0.15, 0.2) is 18.2 Å². The summed E-state index contributed by atoms with van der Waals surface area (Å²) in [4.78, 5) is 4.52. The summed E-state index contributed by atoms with van der Waals surface area (Å²) in [5.74, 6) is 0. The minimum atomic E-state index is 0.0427. The summed E-state index contributed by atoms with van der Waals surface area (Å²) in [6.45, 7) is 4.18. The lowest BCUT2D eigenvalue weighted by Gasteiger charge is -2.06. The molecule has 0 radical (unpaired) electrons. The summed E-state index contributed by atoms with van der Waals surface area (Å²) in [6, 6.07) is 6.17. The van der Waals surface area contributed by atoms with Crippen molar-refractivity contribution in [3.63, 3.8) is 0 Å². The fraction of sp³-hybridized carbons (Fsp3) is 0.583. The van der Waals surface area contributed by atoms with E-state index in [9.17, 15) is 0 Å². The zero-order valence-electron chi connectivity index (χ0n) is 9.16. The summed E-state index contributed by atoms with van der Waals surface area (Å²) in [5.41, 5.74) is 7.95. The monoisotopic (exact) mass is 192 g/mol. The van der Waals surface area contributed by atoms with E-state index in [1.165, 1.54) is 25.0 Å². The van der Waals surface area contributed by atoms with Crippen LogP contribution in [0.2, 0.25) is 0 Å². The normalized spacial score (nSPS) is 12.8. The van der Waals surface area contributed by atoms with Crippen LogP contribution in [0.4, 0.5) is 0 Å². The fourth-order valence-corrected chi connectivity index (χ4v) is 1.45. The Morgan fingerprint density at radius 1 is 1.36 bits per heavy atom. The van der Waals surface area contributed by atoms with Crippen molar-refractivity contribution in [2.45, 2.75) is 45.6 Å². The lowest BCUT2D eigenvalue weighted by molar-refractivity contribution is 0.696. The molecule has 1 unspecified atom stereocenters. The average Bonchev–Trinajstić information content (AvgIpc) is 2.19. The van der Waals surface area contributed by atoms with Crippen LogP contribution in [0.5, 0.6) is 0 Å². The molecule has 2 N–H and O–H groups in total. The minimum absolute atomic E-state index is 0.0427. The van der Waals surface area contributed by atoms with Crippen molar-refractivity contribution >= 4 is 0 Å². The van der Waals surface area contributed by atoms with Crippen LogP contribution >= 0.6 is 0 Å². The first kappa shape index (κ1) is 11.2. The molecule has 0 aliphatic rings. The highest BCUT2D eigenvalue weighted by molar-refractivity contribution is 5.13. The molecule has 0 aliphatic heterocycles. The summed E-state index contributed by atoms with van der Waals surface area (Å²) < 4.78 is 0. The van der Waals surface area contributed by atoms with Crippen molar-refractivity contribution in [1.82, 2.24) is 4.98 Å². The predicted molar refractivity (Wildman–Crippen MR) is 60.1 cm³/mol. The molecule has 1 rings (SSSR count). The number of nitrogens with zero attached hydrogens (tertiary/aromatic N) is 1. The molecule has 14 heavy (non-hydrogen) atoms. The molecule has 0 saturated heterocycles. The molecule has 0 aromatic carbocycles. The molecule has 2 nitrogen and oxygen atoms in total. The summed E-state index contributed by atoms with van der Waals surface area (Å²) in [6.07, 6.45) is 4.84. The lowest BCUT2D eigenvalue weighted by atomic mass is 10.1. The molecule has 2 heteroatoms. The molecule has 0 fully saturated rings. The van der Waals surface area contributed by atoms with Gasteiger partial charge in [0.2, 0.25) is 0 Å². The molecule has 78 valence electrons. The van der Waals surface area contributed by atoms with Crippen LogP contribution in [0.3, 0.4) is 0 Å². The van der Waals surface area contributed by atoms with Gasteiger partial charge in [0.15, 0.2) is 0 Å². The highest BCUT2D eigenvalue weighted by atomic mass is 14.8. The third kappa shape index (κ3) is 3.46. The standard InChI is InChI=1S/C12H20N2/c1-3-4-5-7-11-8-6-9-12(14-11)10(2)13/h6,8-10H,3-5,7,13H2,1-2H3. The second-order valence-corrected chi connectivity index (χ2v) is 3.80. The number of aryl methyl sites for hydroxylation is 1. The largest absolute Gasteiger partial charge is 0.323 e. The number of aromatic nitrogens is 1. The number of hydrogen-bond donors (Lipinski definition) is 1. The highest BCUT2D eigenvalue weighted by Crippen LogP contribution is 2.09. The average molecular weight is 192 g/mol. The topological polar surface area (TPSA) is 38.9 Å². The number of unbranched alkanes of at least 4 members (excludes halogenated alkanes) is 2. The number of rotatable bonds is 5. The molecule has 0 bridgehead atoms. The maximum Gasteiger partial charge on any atom is 0.0571 e. The Labute approximate surface area is 86.5 Å². The molecule has 1 atom stereocenters. The Balaban J connectivity index is 2.55. The molecule has 0 spiro atoms. The highest BCUT2D eigenvalue weighted by Gasteiger charge is 2.01. The predicted octanol–water partition coefficient (Wildman–Crippen LogP) is 2.83. The third-order valence-electron chi connectivity index (χ3n) is 2.33. The fourth-order valence-electron chi connectivity index (χ4n) is 1.45. The molecule has 0 amide bonds. The van der Waals surface area contributed by atoms with Gasteiger partial charge in [0.25, 0.3) is 0 Å². The van der Waals surface area contributed by atoms with Gasteiger partial charge in [0.1, 0.15) is 0 Å². The van der Waals surface area contributed by atoms with E-state index >= 15 is 0 Å². The SMILES string of the molecule is CCCCCc1cccc(C(C)N)n1. The van der Waals surface area contributed by atoms with E-state index in [1.807, 2.05) is 19.1 Å². The van der Waals surface area contributed by atoms with E-state index in [4.69, 9.17) is 5.73 Å². The van der Waals surface area contributed by atoms with Gasteiger partial charge in [0.05, 0.1) is 5.69 Å². The zero-order valence-corrected chi connectivity index (χ0v) is 9.16. The molecule has 0 saturated carbocycles. The van der Waals surface area contributed by atoms with Crippen molar-refractivity contribution in [3.05, 3.63) is 29.6 Å². The summed E-state index contributed by atoms with van der Waals surface area (Å²) in [7, 11) is 0. The van der Waals surface area contributed by atoms with Gasteiger partial charge < -0.3 is 5.73 Å². The Morgan fingerprint density at radius 2 is 2.14 bits per heavy atom. The van der Waals surface area contributed by atoms with Crippen molar-refractivity contribution < 1.29 is 0 Å². The van der Waals surface area contributed by atoms with Crippen LogP contribution in [0.1, 0.15) is 50.5 Å².